The molecule has 0 unspecified atom stereocenters. The summed E-state index contributed by atoms with van der Waals surface area (Å²) >= 11 is 0. The number of nitrogens with zero attached hydrogens (tertiary/aromatic N) is 1. The standard InChI is InChI=1S/C18H18N2O/c1-13-6-3-4-7-15(13)12-20(2)18(21)16-9-5-8-14-10-11-19-17(14)16/h3-11,19H,12H2,1-2H3. The molecule has 0 atom stereocenters. The van der Waals surface area contributed by atoms with Gasteiger partial charge in [0.05, 0.1) is 11.1 Å². The number of amides is 1. The predicted molar refractivity (Wildman–Crippen MR) is 85.3 cm³/mol. The smallest absolute Gasteiger partial charge is 0.256 e. The third-order valence-corrected chi connectivity index (χ3v) is 3.83. The molecule has 0 saturated heterocycles. The molecule has 0 saturated carbocycles. The van der Waals surface area contributed by atoms with E-state index in [0.717, 1.165) is 10.9 Å². The van der Waals surface area contributed by atoms with Gasteiger partial charge in [-0.05, 0) is 30.2 Å². The van der Waals surface area contributed by atoms with Gasteiger partial charge < -0.3 is 9.88 Å². The van der Waals surface area contributed by atoms with E-state index in [2.05, 4.69) is 24.0 Å². The number of aromatic amines is 1. The Hall–Kier alpha value is -2.55. The van der Waals surface area contributed by atoms with Crippen LogP contribution in [0.3, 0.4) is 0 Å². The number of carbonyl (C=O) groups excluding carboxylic acids is 1. The SMILES string of the molecule is Cc1ccccc1CN(C)C(=O)c1cccc2cc[nH]c12. The van der Waals surface area contributed by atoms with Gasteiger partial charge in [-0.3, -0.25) is 4.79 Å². The number of aromatic nitrogens is 1. The number of H-pyrrole nitrogens is 1. The van der Waals surface area contributed by atoms with Crippen LogP contribution in [0.4, 0.5) is 0 Å². The number of nitrogens with one attached hydrogen (secondary N) is 1. The van der Waals surface area contributed by atoms with Crippen LogP contribution in [0.15, 0.2) is 54.7 Å². The monoisotopic (exact) mass is 278 g/mol. The highest BCUT2D eigenvalue weighted by molar-refractivity contribution is 6.05. The maximum absolute atomic E-state index is 12.7. The van der Waals surface area contributed by atoms with Crippen LogP contribution in [-0.2, 0) is 6.54 Å². The molecule has 106 valence electrons. The van der Waals surface area contributed by atoms with Gasteiger partial charge in [-0.25, -0.2) is 0 Å². The summed E-state index contributed by atoms with van der Waals surface area (Å²) in [5, 5.41) is 1.06. The first-order valence-electron chi connectivity index (χ1n) is 7.03. The molecule has 0 aliphatic carbocycles. The third kappa shape index (κ3) is 2.55. The van der Waals surface area contributed by atoms with Gasteiger partial charge in [0.15, 0.2) is 0 Å². The molecular formula is C18H18N2O. The van der Waals surface area contributed by atoms with E-state index >= 15 is 0 Å². The van der Waals surface area contributed by atoms with Crippen LogP contribution >= 0.6 is 0 Å². The zero-order valence-corrected chi connectivity index (χ0v) is 12.3. The van der Waals surface area contributed by atoms with Gasteiger partial charge in [-0.1, -0.05) is 36.4 Å². The van der Waals surface area contributed by atoms with Crippen LogP contribution in [0.25, 0.3) is 10.9 Å². The van der Waals surface area contributed by atoms with E-state index in [0.29, 0.717) is 12.1 Å². The van der Waals surface area contributed by atoms with E-state index in [1.165, 1.54) is 11.1 Å². The molecular weight excluding hydrogens is 260 g/mol. The number of hydrogen-bond acceptors (Lipinski definition) is 1. The van der Waals surface area contributed by atoms with Gasteiger partial charge in [-0.15, -0.1) is 0 Å². The van der Waals surface area contributed by atoms with Crippen molar-refractivity contribution in [1.29, 1.82) is 0 Å². The number of hydrogen-bond donors (Lipinski definition) is 1. The summed E-state index contributed by atoms with van der Waals surface area (Å²) < 4.78 is 0. The number of rotatable bonds is 3. The summed E-state index contributed by atoms with van der Waals surface area (Å²) in [6.45, 7) is 2.68. The Balaban J connectivity index is 1.88. The minimum Gasteiger partial charge on any atom is -0.361 e. The molecule has 1 N–H and O–H groups in total. The maximum Gasteiger partial charge on any atom is 0.256 e. The van der Waals surface area contributed by atoms with Crippen molar-refractivity contribution in [3.63, 3.8) is 0 Å². The lowest BCUT2D eigenvalue weighted by molar-refractivity contribution is 0.0786. The molecule has 3 aromatic rings. The molecule has 1 aromatic heterocycles. The van der Waals surface area contributed by atoms with Crippen LogP contribution in [0.1, 0.15) is 21.5 Å². The Kier molecular flexibility index (Phi) is 3.48. The van der Waals surface area contributed by atoms with Crippen LogP contribution < -0.4 is 0 Å². The fraction of sp³-hybridized carbons (Fsp3) is 0.167. The zero-order valence-electron chi connectivity index (χ0n) is 12.3. The number of carbonyl (C=O) groups is 1. The third-order valence-electron chi connectivity index (χ3n) is 3.83. The molecule has 21 heavy (non-hydrogen) atoms. The summed E-state index contributed by atoms with van der Waals surface area (Å²) in [4.78, 5) is 17.6. The zero-order chi connectivity index (χ0) is 14.8. The Labute approximate surface area is 124 Å². The van der Waals surface area contributed by atoms with Gasteiger partial charge in [0.1, 0.15) is 0 Å². The number of benzene rings is 2. The van der Waals surface area contributed by atoms with Crippen molar-refractivity contribution in [1.82, 2.24) is 9.88 Å². The fourth-order valence-electron chi connectivity index (χ4n) is 2.58. The summed E-state index contributed by atoms with van der Waals surface area (Å²) in [5.41, 5.74) is 4.00. The van der Waals surface area contributed by atoms with E-state index < -0.39 is 0 Å². The van der Waals surface area contributed by atoms with Gasteiger partial charge in [0.2, 0.25) is 0 Å². The summed E-state index contributed by atoms with van der Waals surface area (Å²) in [6.07, 6.45) is 1.86. The average molecular weight is 278 g/mol. The molecule has 3 nitrogen and oxygen atoms in total. The lowest BCUT2D eigenvalue weighted by Crippen LogP contribution is -2.26. The normalized spacial score (nSPS) is 10.8. The first-order valence-corrected chi connectivity index (χ1v) is 7.03. The van der Waals surface area contributed by atoms with E-state index in [-0.39, 0.29) is 5.91 Å². The quantitative estimate of drug-likeness (QED) is 0.778. The van der Waals surface area contributed by atoms with Crippen molar-refractivity contribution in [2.75, 3.05) is 7.05 Å². The second-order valence-electron chi connectivity index (χ2n) is 5.34. The van der Waals surface area contributed by atoms with Gasteiger partial charge in [-0.2, -0.15) is 0 Å². The van der Waals surface area contributed by atoms with Gasteiger partial charge in [0.25, 0.3) is 5.91 Å². The highest BCUT2D eigenvalue weighted by Gasteiger charge is 2.15. The van der Waals surface area contributed by atoms with Crippen molar-refractivity contribution in [3.8, 4) is 0 Å². The molecule has 3 rings (SSSR count). The van der Waals surface area contributed by atoms with E-state index in [9.17, 15) is 4.79 Å². The van der Waals surface area contributed by atoms with Crippen molar-refractivity contribution in [2.45, 2.75) is 13.5 Å². The van der Waals surface area contributed by atoms with E-state index in [1.54, 1.807) is 4.90 Å². The molecule has 0 aliphatic heterocycles. The average Bonchev–Trinajstić information content (AvgIpc) is 2.97. The highest BCUT2D eigenvalue weighted by Crippen LogP contribution is 2.19. The molecule has 1 amide bonds. The molecule has 0 fully saturated rings. The lowest BCUT2D eigenvalue weighted by Gasteiger charge is -2.19. The van der Waals surface area contributed by atoms with Gasteiger partial charge >= 0.3 is 0 Å². The number of para-hydroxylation sites is 1. The van der Waals surface area contributed by atoms with Gasteiger partial charge in [0, 0.05) is 25.2 Å². The lowest BCUT2D eigenvalue weighted by atomic mass is 10.1. The predicted octanol–water partition coefficient (Wildman–Crippen LogP) is 3.75. The van der Waals surface area contributed by atoms with E-state index in [1.807, 2.05) is 49.6 Å². The van der Waals surface area contributed by atoms with Crippen molar-refractivity contribution >= 4 is 16.8 Å². The number of aryl methyl sites for hydroxylation is 1. The highest BCUT2D eigenvalue weighted by atomic mass is 16.2. The number of fused-ring (bicyclic) bond motifs is 1. The van der Waals surface area contributed by atoms with Crippen LogP contribution in [-0.4, -0.2) is 22.8 Å². The molecule has 0 spiro atoms. The van der Waals surface area contributed by atoms with Crippen LogP contribution in [0, 0.1) is 6.92 Å². The second kappa shape index (κ2) is 5.44. The van der Waals surface area contributed by atoms with E-state index in [4.69, 9.17) is 0 Å². The Morgan fingerprint density at radius 2 is 1.90 bits per heavy atom. The Bertz CT molecular complexity index is 789. The molecule has 0 aliphatic rings. The minimum absolute atomic E-state index is 0.0336. The van der Waals surface area contributed by atoms with Crippen molar-refractivity contribution in [3.05, 3.63) is 71.4 Å². The van der Waals surface area contributed by atoms with Crippen molar-refractivity contribution in [2.24, 2.45) is 0 Å². The second-order valence-corrected chi connectivity index (χ2v) is 5.34. The summed E-state index contributed by atoms with van der Waals surface area (Å²) in [5.74, 6) is 0.0336. The minimum atomic E-state index is 0.0336. The van der Waals surface area contributed by atoms with Crippen LogP contribution in [0.2, 0.25) is 0 Å². The topological polar surface area (TPSA) is 36.1 Å². The molecule has 3 heteroatoms. The summed E-state index contributed by atoms with van der Waals surface area (Å²) in [6, 6.07) is 15.9. The van der Waals surface area contributed by atoms with Crippen molar-refractivity contribution < 1.29 is 4.79 Å². The molecule has 0 bridgehead atoms. The maximum atomic E-state index is 12.7. The largest absolute Gasteiger partial charge is 0.361 e. The molecule has 2 aromatic carbocycles. The fourth-order valence-corrected chi connectivity index (χ4v) is 2.58. The molecule has 0 radical (unpaired) electrons. The first kappa shape index (κ1) is 13.4. The summed E-state index contributed by atoms with van der Waals surface area (Å²) in [7, 11) is 1.84. The van der Waals surface area contributed by atoms with Crippen LogP contribution in [0.5, 0.6) is 0 Å². The first-order chi connectivity index (χ1) is 10.2. The Morgan fingerprint density at radius 3 is 2.71 bits per heavy atom. The Morgan fingerprint density at radius 1 is 1.10 bits per heavy atom. The molecule has 1 heterocycles.